The van der Waals surface area contributed by atoms with E-state index in [1.165, 1.54) is 0 Å². The molecule has 1 saturated heterocycles. The van der Waals surface area contributed by atoms with Crippen LogP contribution >= 0.6 is 0 Å². The lowest BCUT2D eigenvalue weighted by Crippen LogP contribution is -2.57. The van der Waals surface area contributed by atoms with E-state index in [0.29, 0.717) is 38.6 Å². The lowest BCUT2D eigenvalue weighted by Gasteiger charge is -2.34. The van der Waals surface area contributed by atoms with E-state index >= 15 is 0 Å². The maximum Gasteiger partial charge on any atom is 0.330 e. The number of aryl methyl sites for hydroxylation is 1. The number of carbonyl (C=O) groups excluding carboxylic acids is 1. The molecule has 1 unspecified atom stereocenters. The highest BCUT2D eigenvalue weighted by molar-refractivity contribution is 5.80. The number of anilines is 1. The summed E-state index contributed by atoms with van der Waals surface area (Å²) < 4.78 is 6.65. The summed E-state index contributed by atoms with van der Waals surface area (Å²) in [5, 5.41) is 3.14. The van der Waals surface area contributed by atoms with Gasteiger partial charge in [-0.15, -0.1) is 0 Å². The second-order valence-corrected chi connectivity index (χ2v) is 4.51. The number of hydrogen-bond donors (Lipinski definition) is 1. The van der Waals surface area contributed by atoms with Gasteiger partial charge in [0.2, 0.25) is 0 Å². The van der Waals surface area contributed by atoms with Crippen molar-refractivity contribution in [3.05, 3.63) is 22.7 Å². The summed E-state index contributed by atoms with van der Waals surface area (Å²) in [7, 11) is 0. The average molecular weight is 280 g/mol. The average Bonchev–Trinajstić information content (AvgIpc) is 2.48. The molecular formula is C13H20N4O3. The highest BCUT2D eigenvalue weighted by Crippen LogP contribution is 2.12. The topological polar surface area (TPSA) is 76.5 Å². The normalized spacial score (nSPS) is 18.9. The Hall–Kier alpha value is -1.89. The minimum absolute atomic E-state index is 0.175. The van der Waals surface area contributed by atoms with Crippen LogP contribution in [0, 0.1) is 0 Å². The summed E-state index contributed by atoms with van der Waals surface area (Å²) in [5.74, 6) is -0.0123. The summed E-state index contributed by atoms with van der Waals surface area (Å²) >= 11 is 0. The van der Waals surface area contributed by atoms with E-state index in [9.17, 15) is 9.59 Å². The molecule has 0 spiro atoms. The molecule has 2 heterocycles. The van der Waals surface area contributed by atoms with E-state index < -0.39 is 6.04 Å². The van der Waals surface area contributed by atoms with E-state index in [-0.39, 0.29) is 11.5 Å². The molecule has 0 amide bonds. The van der Waals surface area contributed by atoms with Crippen LogP contribution in [0.3, 0.4) is 0 Å². The quantitative estimate of drug-likeness (QED) is 0.757. The van der Waals surface area contributed by atoms with Crippen molar-refractivity contribution in [2.45, 2.75) is 26.4 Å². The van der Waals surface area contributed by atoms with Crippen molar-refractivity contribution in [3.8, 4) is 0 Å². The van der Waals surface area contributed by atoms with E-state index in [1.807, 2.05) is 6.92 Å². The number of ether oxygens (including phenoxy) is 1. The van der Waals surface area contributed by atoms with Crippen molar-refractivity contribution < 1.29 is 9.53 Å². The van der Waals surface area contributed by atoms with Crippen LogP contribution in [-0.2, 0) is 16.1 Å². The molecule has 0 bridgehead atoms. The van der Waals surface area contributed by atoms with Crippen LogP contribution in [-0.4, -0.2) is 47.8 Å². The van der Waals surface area contributed by atoms with Gasteiger partial charge in [-0.3, -0.25) is 4.79 Å². The third-order valence-electron chi connectivity index (χ3n) is 3.31. The first kappa shape index (κ1) is 14.5. The van der Waals surface area contributed by atoms with Crippen molar-refractivity contribution in [3.63, 3.8) is 0 Å². The van der Waals surface area contributed by atoms with Gasteiger partial charge >= 0.3 is 5.97 Å². The summed E-state index contributed by atoms with van der Waals surface area (Å²) in [6.45, 7) is 6.28. The lowest BCUT2D eigenvalue weighted by molar-refractivity contribution is -0.144. The first-order chi connectivity index (χ1) is 9.69. The molecule has 0 radical (unpaired) electrons. The predicted molar refractivity (Wildman–Crippen MR) is 74.8 cm³/mol. The van der Waals surface area contributed by atoms with Crippen LogP contribution in [0.1, 0.15) is 13.8 Å². The van der Waals surface area contributed by atoms with Gasteiger partial charge in [-0.2, -0.15) is 0 Å². The molecule has 1 aromatic rings. The van der Waals surface area contributed by atoms with Crippen molar-refractivity contribution in [1.82, 2.24) is 14.9 Å². The lowest BCUT2D eigenvalue weighted by atomic mass is 10.2. The molecule has 2 rings (SSSR count). The van der Waals surface area contributed by atoms with Crippen molar-refractivity contribution in [1.29, 1.82) is 0 Å². The first-order valence-corrected chi connectivity index (χ1v) is 6.88. The van der Waals surface area contributed by atoms with Gasteiger partial charge in [-0.25, -0.2) is 9.78 Å². The third kappa shape index (κ3) is 2.82. The molecule has 1 aromatic heterocycles. The fourth-order valence-electron chi connectivity index (χ4n) is 2.29. The molecule has 0 aromatic carbocycles. The Morgan fingerprint density at radius 2 is 2.35 bits per heavy atom. The maximum absolute atomic E-state index is 12.3. The number of nitrogens with zero attached hydrogens (tertiary/aromatic N) is 3. The molecule has 7 heteroatoms. The Labute approximate surface area is 117 Å². The zero-order valence-corrected chi connectivity index (χ0v) is 11.8. The van der Waals surface area contributed by atoms with Crippen LogP contribution in [0.15, 0.2) is 17.2 Å². The smallest absolute Gasteiger partial charge is 0.330 e. The Bertz CT molecular complexity index is 529. The Balaban J connectivity index is 2.33. The van der Waals surface area contributed by atoms with Gasteiger partial charge in [-0.05, 0) is 13.8 Å². The van der Waals surface area contributed by atoms with Gasteiger partial charge < -0.3 is 19.5 Å². The van der Waals surface area contributed by atoms with Crippen LogP contribution in [0.25, 0.3) is 0 Å². The van der Waals surface area contributed by atoms with Crippen molar-refractivity contribution in [2.24, 2.45) is 0 Å². The van der Waals surface area contributed by atoms with Gasteiger partial charge in [0.25, 0.3) is 5.56 Å². The van der Waals surface area contributed by atoms with Crippen LogP contribution in [0.2, 0.25) is 0 Å². The second kappa shape index (κ2) is 6.51. The minimum Gasteiger partial charge on any atom is -0.464 e. The second-order valence-electron chi connectivity index (χ2n) is 4.51. The maximum atomic E-state index is 12.3. The van der Waals surface area contributed by atoms with Gasteiger partial charge in [0.1, 0.15) is 6.04 Å². The molecular weight excluding hydrogens is 260 g/mol. The molecule has 20 heavy (non-hydrogen) atoms. The molecule has 1 fully saturated rings. The minimum atomic E-state index is -0.503. The van der Waals surface area contributed by atoms with E-state index in [0.717, 1.165) is 0 Å². The Morgan fingerprint density at radius 3 is 3.05 bits per heavy atom. The molecule has 1 N–H and O–H groups in total. The summed E-state index contributed by atoms with van der Waals surface area (Å²) in [4.78, 5) is 30.2. The highest BCUT2D eigenvalue weighted by Gasteiger charge is 2.32. The fraction of sp³-hybridized carbons (Fsp3) is 0.615. The Kier molecular flexibility index (Phi) is 4.73. The van der Waals surface area contributed by atoms with Gasteiger partial charge in [-0.1, -0.05) is 0 Å². The zero-order valence-electron chi connectivity index (χ0n) is 11.8. The number of hydrogen-bond acceptors (Lipinski definition) is 6. The SMILES string of the molecule is CCOC(=O)C1CNCCN1c1nccn(CC)c1=O. The largest absolute Gasteiger partial charge is 0.464 e. The number of aromatic nitrogens is 2. The number of piperazine rings is 1. The molecule has 0 aliphatic carbocycles. The van der Waals surface area contributed by atoms with E-state index in [4.69, 9.17) is 4.74 Å². The van der Waals surface area contributed by atoms with Crippen LogP contribution < -0.4 is 15.8 Å². The molecule has 1 atom stereocenters. The standard InChI is InChI=1S/C13H20N4O3/c1-3-16-7-6-15-11(12(16)18)17-8-5-14-9-10(17)13(19)20-4-2/h6-7,10,14H,3-5,8-9H2,1-2H3. The third-order valence-corrected chi connectivity index (χ3v) is 3.31. The first-order valence-electron chi connectivity index (χ1n) is 6.88. The summed E-state index contributed by atoms with van der Waals surface area (Å²) in [5.41, 5.74) is -0.175. The van der Waals surface area contributed by atoms with Gasteiger partial charge in [0.15, 0.2) is 5.82 Å². The molecule has 0 saturated carbocycles. The number of nitrogens with one attached hydrogen (secondary N) is 1. The highest BCUT2D eigenvalue weighted by atomic mass is 16.5. The molecule has 1 aliphatic rings. The van der Waals surface area contributed by atoms with E-state index in [2.05, 4.69) is 10.3 Å². The van der Waals surface area contributed by atoms with Gasteiger partial charge in [0.05, 0.1) is 6.61 Å². The van der Waals surface area contributed by atoms with Gasteiger partial charge in [0, 0.05) is 38.6 Å². The van der Waals surface area contributed by atoms with Crippen LogP contribution in [0.4, 0.5) is 5.82 Å². The summed E-state index contributed by atoms with van der Waals surface area (Å²) in [6, 6.07) is -0.503. The number of rotatable bonds is 4. The van der Waals surface area contributed by atoms with E-state index in [1.54, 1.807) is 28.8 Å². The number of carbonyl (C=O) groups is 1. The molecule has 7 nitrogen and oxygen atoms in total. The predicted octanol–water partition coefficient (Wildman–Crippen LogP) is -0.395. The summed E-state index contributed by atoms with van der Waals surface area (Å²) in [6.07, 6.45) is 3.23. The van der Waals surface area contributed by atoms with Crippen molar-refractivity contribution in [2.75, 3.05) is 31.1 Å². The Morgan fingerprint density at radius 1 is 1.55 bits per heavy atom. The number of esters is 1. The molecule has 110 valence electrons. The zero-order chi connectivity index (χ0) is 14.5. The monoisotopic (exact) mass is 280 g/mol. The molecule has 1 aliphatic heterocycles. The fourth-order valence-corrected chi connectivity index (χ4v) is 2.29. The van der Waals surface area contributed by atoms with Crippen molar-refractivity contribution >= 4 is 11.8 Å². The van der Waals surface area contributed by atoms with Crippen LogP contribution in [0.5, 0.6) is 0 Å².